The molecule has 1 rings (SSSR count). The third kappa shape index (κ3) is 5.02. The summed E-state index contributed by atoms with van der Waals surface area (Å²) < 4.78 is 35.4. The van der Waals surface area contributed by atoms with E-state index in [9.17, 15) is 13.8 Å². The number of Topliss-reactive ketones (excluding diaryl/α,β-unsaturated/α-hetero) is 1. The van der Waals surface area contributed by atoms with Gasteiger partial charge in [-0.1, -0.05) is 0 Å². The molecule has 0 saturated carbocycles. The van der Waals surface area contributed by atoms with Gasteiger partial charge in [-0.2, -0.15) is 0 Å². The maximum atomic E-state index is 12.8. The monoisotopic (exact) mass is 320 g/mol. The van der Waals surface area contributed by atoms with E-state index in [2.05, 4.69) is 0 Å². The Morgan fingerprint density at radius 2 is 1.75 bits per heavy atom. The molecule has 0 N–H and O–H groups in total. The molecule has 0 aromatic heterocycles. The standard InChI is InChI=1S/C13H18FO4PS/c1-4-17-19(16,18-5-2)20-10(3)13(15)11-6-8-12(14)9-7-11/h6-10H,4-5H2,1-3H3. The minimum absolute atomic E-state index is 0.238. The molecule has 7 heteroatoms. The summed E-state index contributed by atoms with van der Waals surface area (Å²) in [6, 6.07) is 5.24. The van der Waals surface area contributed by atoms with Crippen molar-refractivity contribution in [1.82, 2.24) is 0 Å². The minimum Gasteiger partial charge on any atom is -0.301 e. The Morgan fingerprint density at radius 3 is 2.20 bits per heavy atom. The van der Waals surface area contributed by atoms with Gasteiger partial charge in [0, 0.05) is 5.56 Å². The number of rotatable bonds is 8. The zero-order valence-corrected chi connectivity index (χ0v) is 13.4. The number of carbonyl (C=O) groups excluding carboxylic acids is 1. The second kappa shape index (κ2) is 7.93. The lowest BCUT2D eigenvalue weighted by atomic mass is 10.1. The Bertz CT molecular complexity index is 482. The highest BCUT2D eigenvalue weighted by Gasteiger charge is 2.31. The van der Waals surface area contributed by atoms with Gasteiger partial charge in [0.1, 0.15) is 5.82 Å². The molecule has 112 valence electrons. The van der Waals surface area contributed by atoms with Crippen molar-refractivity contribution < 1.29 is 22.8 Å². The predicted octanol–water partition coefficient (Wildman–Crippen LogP) is 4.31. The number of ketones is 1. The molecule has 0 aliphatic rings. The third-order valence-electron chi connectivity index (χ3n) is 2.36. The molecule has 1 aromatic carbocycles. The lowest BCUT2D eigenvalue weighted by molar-refractivity contribution is 0.0993. The van der Waals surface area contributed by atoms with Crippen LogP contribution in [0.4, 0.5) is 4.39 Å². The fourth-order valence-corrected chi connectivity index (χ4v) is 5.40. The molecule has 0 bridgehead atoms. The quantitative estimate of drug-likeness (QED) is 0.527. The smallest absolute Gasteiger partial charge is 0.301 e. The summed E-state index contributed by atoms with van der Waals surface area (Å²) in [5, 5.41) is -0.607. The van der Waals surface area contributed by atoms with Crippen molar-refractivity contribution in [3.8, 4) is 0 Å². The average Bonchev–Trinajstić information content (AvgIpc) is 2.39. The predicted molar refractivity (Wildman–Crippen MR) is 78.6 cm³/mol. The first-order valence-electron chi connectivity index (χ1n) is 6.29. The number of hydrogen-bond acceptors (Lipinski definition) is 5. The van der Waals surface area contributed by atoms with E-state index in [4.69, 9.17) is 9.05 Å². The van der Waals surface area contributed by atoms with Crippen molar-refractivity contribution in [3.05, 3.63) is 35.6 Å². The van der Waals surface area contributed by atoms with Gasteiger partial charge >= 0.3 is 6.80 Å². The molecule has 0 radical (unpaired) electrons. The molecule has 4 nitrogen and oxygen atoms in total. The van der Waals surface area contributed by atoms with Gasteiger partial charge in [-0.15, -0.1) is 0 Å². The zero-order chi connectivity index (χ0) is 15.2. The Kier molecular flexibility index (Phi) is 6.89. The Morgan fingerprint density at radius 1 is 1.25 bits per heavy atom. The van der Waals surface area contributed by atoms with Crippen molar-refractivity contribution in [2.24, 2.45) is 0 Å². The van der Waals surface area contributed by atoms with Gasteiger partial charge in [-0.05, 0) is 56.4 Å². The highest BCUT2D eigenvalue weighted by atomic mass is 32.7. The van der Waals surface area contributed by atoms with Gasteiger partial charge in [0.25, 0.3) is 0 Å². The number of benzene rings is 1. The lowest BCUT2D eigenvalue weighted by Gasteiger charge is -2.19. The van der Waals surface area contributed by atoms with E-state index in [-0.39, 0.29) is 19.0 Å². The van der Waals surface area contributed by atoms with E-state index in [0.717, 1.165) is 11.4 Å². The van der Waals surface area contributed by atoms with Crippen LogP contribution in [0.5, 0.6) is 0 Å². The first kappa shape index (κ1) is 17.4. The summed E-state index contributed by atoms with van der Waals surface area (Å²) in [6.07, 6.45) is 0. The third-order valence-corrected chi connectivity index (χ3v) is 6.65. The first-order chi connectivity index (χ1) is 9.41. The van der Waals surface area contributed by atoms with Crippen LogP contribution in [0.3, 0.4) is 0 Å². The fraction of sp³-hybridized carbons (Fsp3) is 0.462. The topological polar surface area (TPSA) is 52.6 Å². The van der Waals surface area contributed by atoms with E-state index in [1.165, 1.54) is 24.3 Å². The first-order valence-corrected chi connectivity index (χ1v) is 9.32. The minimum atomic E-state index is -3.34. The number of carbonyl (C=O) groups is 1. The molecule has 0 heterocycles. The molecule has 0 saturated heterocycles. The summed E-state index contributed by atoms with van der Waals surface area (Å²) >= 11 is 0.871. The molecule has 1 unspecified atom stereocenters. The Balaban J connectivity index is 2.78. The maximum absolute atomic E-state index is 12.8. The summed E-state index contributed by atoms with van der Waals surface area (Å²) in [6.45, 7) is 2.18. The molecular formula is C13H18FO4PS. The van der Waals surface area contributed by atoms with Crippen LogP contribution >= 0.6 is 18.2 Å². The van der Waals surface area contributed by atoms with Crippen LogP contribution in [0, 0.1) is 5.82 Å². The highest BCUT2D eigenvalue weighted by molar-refractivity contribution is 8.55. The maximum Gasteiger partial charge on any atom is 0.389 e. The largest absolute Gasteiger partial charge is 0.389 e. The average molecular weight is 320 g/mol. The highest BCUT2D eigenvalue weighted by Crippen LogP contribution is 2.62. The zero-order valence-electron chi connectivity index (χ0n) is 11.7. The Hall–Kier alpha value is -0.680. The second-order valence-corrected chi connectivity index (χ2v) is 8.20. The van der Waals surface area contributed by atoms with E-state index < -0.39 is 17.9 Å². The van der Waals surface area contributed by atoms with Gasteiger partial charge in [-0.25, -0.2) is 8.96 Å². The normalized spacial score (nSPS) is 13.2. The van der Waals surface area contributed by atoms with Crippen molar-refractivity contribution >= 4 is 24.0 Å². The second-order valence-electron chi connectivity index (χ2n) is 3.90. The lowest BCUT2D eigenvalue weighted by Crippen LogP contribution is -2.14. The van der Waals surface area contributed by atoms with Crippen molar-refractivity contribution in [3.63, 3.8) is 0 Å². The van der Waals surface area contributed by atoms with Crippen LogP contribution in [0.2, 0.25) is 0 Å². The molecule has 0 aliphatic heterocycles. The summed E-state index contributed by atoms with van der Waals surface area (Å²) in [7, 11) is 0. The van der Waals surface area contributed by atoms with Crippen LogP contribution in [0.25, 0.3) is 0 Å². The van der Waals surface area contributed by atoms with Gasteiger partial charge < -0.3 is 9.05 Å². The van der Waals surface area contributed by atoms with E-state index >= 15 is 0 Å². The molecule has 0 aliphatic carbocycles. The molecule has 0 spiro atoms. The number of hydrogen-bond donors (Lipinski definition) is 0. The molecule has 1 aromatic rings. The van der Waals surface area contributed by atoms with Gasteiger partial charge in [0.2, 0.25) is 0 Å². The van der Waals surface area contributed by atoms with Crippen LogP contribution in [0.1, 0.15) is 31.1 Å². The summed E-state index contributed by atoms with van der Waals surface area (Å²) in [5.74, 6) is -0.647. The molecule has 20 heavy (non-hydrogen) atoms. The summed E-state index contributed by atoms with van der Waals surface area (Å²) in [5.41, 5.74) is 0.367. The van der Waals surface area contributed by atoms with Crippen molar-refractivity contribution in [2.75, 3.05) is 13.2 Å². The van der Waals surface area contributed by atoms with Gasteiger partial charge in [-0.3, -0.25) is 4.79 Å². The molecular weight excluding hydrogens is 302 g/mol. The molecule has 0 fully saturated rings. The van der Waals surface area contributed by atoms with Gasteiger partial charge in [0.15, 0.2) is 5.78 Å². The van der Waals surface area contributed by atoms with Crippen LogP contribution in [0.15, 0.2) is 24.3 Å². The fourth-order valence-electron chi connectivity index (χ4n) is 1.50. The summed E-state index contributed by atoms with van der Waals surface area (Å²) in [4.78, 5) is 12.2. The van der Waals surface area contributed by atoms with Crippen LogP contribution in [-0.4, -0.2) is 24.2 Å². The van der Waals surface area contributed by atoms with Gasteiger partial charge in [0.05, 0.1) is 18.5 Å². The SMILES string of the molecule is CCOP(=O)(OCC)SC(C)C(=O)c1ccc(F)cc1. The Labute approximate surface area is 122 Å². The molecule has 0 amide bonds. The number of halogens is 1. The van der Waals surface area contributed by atoms with E-state index in [0.29, 0.717) is 5.56 Å². The van der Waals surface area contributed by atoms with Crippen molar-refractivity contribution in [2.45, 2.75) is 26.0 Å². The van der Waals surface area contributed by atoms with E-state index in [1.54, 1.807) is 20.8 Å². The molecule has 1 atom stereocenters. The van der Waals surface area contributed by atoms with Crippen LogP contribution in [-0.2, 0) is 13.6 Å². The van der Waals surface area contributed by atoms with Crippen LogP contribution < -0.4 is 0 Å². The van der Waals surface area contributed by atoms with E-state index in [1.807, 2.05) is 0 Å². The van der Waals surface area contributed by atoms with Crippen molar-refractivity contribution in [1.29, 1.82) is 0 Å².